The number of nitrogens with zero attached hydrogens (tertiary/aromatic N) is 2. The van der Waals surface area contributed by atoms with E-state index in [0.29, 0.717) is 6.54 Å². The molecule has 1 aromatic carbocycles. The summed E-state index contributed by atoms with van der Waals surface area (Å²) in [6.45, 7) is 5.32. The predicted octanol–water partition coefficient (Wildman–Crippen LogP) is 1.44. The molecule has 0 aliphatic heterocycles. The SMILES string of the molecule is C=CCCCN(C)C(=NC)NCCNS(=O)(=O)c1ccccc1. The minimum atomic E-state index is -3.46. The number of rotatable bonds is 9. The van der Waals surface area contributed by atoms with Gasteiger partial charge in [-0.2, -0.15) is 0 Å². The quantitative estimate of drug-likeness (QED) is 0.309. The molecule has 0 atom stereocenters. The lowest BCUT2D eigenvalue weighted by Crippen LogP contribution is -2.42. The lowest BCUT2D eigenvalue weighted by molar-refractivity contribution is 0.470. The Kier molecular flexibility index (Phi) is 8.36. The number of benzene rings is 1. The Morgan fingerprint density at radius 1 is 1.30 bits per heavy atom. The summed E-state index contributed by atoms with van der Waals surface area (Å²) in [6.07, 6.45) is 3.85. The fourth-order valence-electron chi connectivity index (χ4n) is 2.01. The lowest BCUT2D eigenvalue weighted by atomic mass is 10.3. The van der Waals surface area contributed by atoms with Crippen molar-refractivity contribution in [3.63, 3.8) is 0 Å². The first-order valence-electron chi connectivity index (χ1n) is 7.58. The van der Waals surface area contributed by atoms with Crippen molar-refractivity contribution in [2.75, 3.05) is 33.7 Å². The third-order valence-electron chi connectivity index (χ3n) is 3.23. The van der Waals surface area contributed by atoms with Gasteiger partial charge in [-0.25, -0.2) is 13.1 Å². The summed E-state index contributed by atoms with van der Waals surface area (Å²) in [5, 5.41) is 3.14. The molecular formula is C16H26N4O2S. The van der Waals surface area contributed by atoms with Gasteiger partial charge < -0.3 is 10.2 Å². The molecule has 0 saturated carbocycles. The van der Waals surface area contributed by atoms with Gasteiger partial charge in [-0.15, -0.1) is 6.58 Å². The van der Waals surface area contributed by atoms with Crippen molar-refractivity contribution in [2.24, 2.45) is 4.99 Å². The molecule has 0 heterocycles. The summed E-state index contributed by atoms with van der Waals surface area (Å²) in [5.74, 6) is 0.743. The van der Waals surface area contributed by atoms with Crippen molar-refractivity contribution < 1.29 is 8.42 Å². The van der Waals surface area contributed by atoms with E-state index in [2.05, 4.69) is 21.6 Å². The number of unbranched alkanes of at least 4 members (excludes halogenated alkanes) is 1. The summed E-state index contributed by atoms with van der Waals surface area (Å²) in [7, 11) is 0.202. The number of aliphatic imine (C=N–C) groups is 1. The molecule has 7 heteroatoms. The van der Waals surface area contributed by atoms with Gasteiger partial charge in [-0.05, 0) is 25.0 Å². The molecule has 0 aliphatic carbocycles. The van der Waals surface area contributed by atoms with Gasteiger partial charge in [-0.3, -0.25) is 4.99 Å². The predicted molar refractivity (Wildman–Crippen MR) is 95.1 cm³/mol. The molecule has 0 fully saturated rings. The zero-order valence-corrected chi connectivity index (χ0v) is 14.6. The van der Waals surface area contributed by atoms with E-state index in [-0.39, 0.29) is 11.4 Å². The number of sulfonamides is 1. The van der Waals surface area contributed by atoms with Crippen LogP contribution in [0.1, 0.15) is 12.8 Å². The molecule has 0 bridgehead atoms. The monoisotopic (exact) mass is 338 g/mol. The number of allylic oxidation sites excluding steroid dienone is 1. The average molecular weight is 338 g/mol. The molecule has 23 heavy (non-hydrogen) atoms. The van der Waals surface area contributed by atoms with Gasteiger partial charge in [0.05, 0.1) is 4.90 Å². The van der Waals surface area contributed by atoms with E-state index in [1.54, 1.807) is 37.4 Å². The summed E-state index contributed by atoms with van der Waals surface area (Å²) in [4.78, 5) is 6.47. The maximum atomic E-state index is 12.1. The van der Waals surface area contributed by atoms with Gasteiger partial charge >= 0.3 is 0 Å². The zero-order valence-electron chi connectivity index (χ0n) is 13.8. The molecule has 0 saturated heterocycles. The van der Waals surface area contributed by atoms with Crippen LogP contribution >= 0.6 is 0 Å². The van der Waals surface area contributed by atoms with Crippen molar-refractivity contribution >= 4 is 16.0 Å². The van der Waals surface area contributed by atoms with Crippen LogP contribution in [-0.2, 0) is 10.0 Å². The van der Waals surface area contributed by atoms with E-state index >= 15 is 0 Å². The van der Waals surface area contributed by atoms with Crippen LogP contribution in [0, 0.1) is 0 Å². The molecule has 0 amide bonds. The Labute approximate surface area is 139 Å². The Balaban J connectivity index is 2.39. The van der Waals surface area contributed by atoms with Crippen molar-refractivity contribution in [3.05, 3.63) is 43.0 Å². The zero-order chi connectivity index (χ0) is 17.1. The van der Waals surface area contributed by atoms with Crippen LogP contribution < -0.4 is 10.0 Å². The number of hydrogen-bond donors (Lipinski definition) is 2. The highest BCUT2D eigenvalue weighted by Crippen LogP contribution is 2.06. The van der Waals surface area contributed by atoms with Gasteiger partial charge in [0, 0.05) is 33.7 Å². The van der Waals surface area contributed by atoms with Crippen LogP contribution in [0.3, 0.4) is 0 Å². The molecule has 0 spiro atoms. The molecule has 0 aliphatic rings. The maximum absolute atomic E-state index is 12.1. The van der Waals surface area contributed by atoms with Gasteiger partial charge in [0.1, 0.15) is 0 Å². The largest absolute Gasteiger partial charge is 0.355 e. The molecule has 0 radical (unpaired) electrons. The minimum Gasteiger partial charge on any atom is -0.355 e. The summed E-state index contributed by atoms with van der Waals surface area (Å²) < 4.78 is 26.7. The van der Waals surface area contributed by atoms with Gasteiger partial charge in [0.15, 0.2) is 5.96 Å². The van der Waals surface area contributed by atoms with Gasteiger partial charge in [0.25, 0.3) is 0 Å². The second-order valence-corrected chi connectivity index (χ2v) is 6.80. The molecule has 0 unspecified atom stereocenters. The van der Waals surface area contributed by atoms with Crippen molar-refractivity contribution in [3.8, 4) is 0 Å². The van der Waals surface area contributed by atoms with E-state index in [9.17, 15) is 8.42 Å². The van der Waals surface area contributed by atoms with Crippen molar-refractivity contribution in [1.29, 1.82) is 0 Å². The van der Waals surface area contributed by atoms with Crippen molar-refractivity contribution in [2.45, 2.75) is 17.7 Å². The Morgan fingerprint density at radius 3 is 2.61 bits per heavy atom. The van der Waals surface area contributed by atoms with E-state index < -0.39 is 10.0 Å². The molecular weight excluding hydrogens is 312 g/mol. The maximum Gasteiger partial charge on any atom is 0.240 e. The highest BCUT2D eigenvalue weighted by Gasteiger charge is 2.12. The third kappa shape index (κ3) is 6.83. The standard InChI is InChI=1S/C16H26N4O2S/c1-4-5-9-14-20(3)16(17-2)18-12-13-19-23(21,22)15-10-7-6-8-11-15/h4,6-8,10-11,19H,1,5,9,12-14H2,2-3H3,(H,17,18). The van der Waals surface area contributed by atoms with Crippen LogP contribution in [0.15, 0.2) is 52.9 Å². The van der Waals surface area contributed by atoms with Crippen molar-refractivity contribution in [1.82, 2.24) is 14.9 Å². The number of guanidine groups is 1. The Bertz CT molecular complexity index is 600. The highest BCUT2D eigenvalue weighted by molar-refractivity contribution is 7.89. The van der Waals surface area contributed by atoms with E-state index in [1.807, 2.05) is 18.0 Å². The Hall–Kier alpha value is -1.86. The minimum absolute atomic E-state index is 0.269. The summed E-state index contributed by atoms with van der Waals surface area (Å²) >= 11 is 0. The normalized spacial score (nSPS) is 12.0. The van der Waals surface area contributed by atoms with Gasteiger partial charge in [-0.1, -0.05) is 24.3 Å². The molecule has 0 aromatic heterocycles. The van der Waals surface area contributed by atoms with Crippen LogP contribution in [0.5, 0.6) is 0 Å². The molecule has 6 nitrogen and oxygen atoms in total. The first kappa shape index (κ1) is 19.2. The summed E-state index contributed by atoms with van der Waals surface area (Å²) in [5.41, 5.74) is 0. The lowest BCUT2D eigenvalue weighted by Gasteiger charge is -2.21. The second kappa shape index (κ2) is 10.0. The highest BCUT2D eigenvalue weighted by atomic mass is 32.2. The van der Waals surface area contributed by atoms with Crippen LogP contribution in [0.25, 0.3) is 0 Å². The smallest absolute Gasteiger partial charge is 0.240 e. The average Bonchev–Trinajstić information content (AvgIpc) is 2.56. The number of hydrogen-bond acceptors (Lipinski definition) is 3. The van der Waals surface area contributed by atoms with E-state index in [0.717, 1.165) is 25.3 Å². The first-order chi connectivity index (χ1) is 11.0. The summed E-state index contributed by atoms with van der Waals surface area (Å²) in [6, 6.07) is 8.33. The van der Waals surface area contributed by atoms with Crippen LogP contribution in [0.4, 0.5) is 0 Å². The molecule has 2 N–H and O–H groups in total. The van der Waals surface area contributed by atoms with Gasteiger partial charge in [0.2, 0.25) is 10.0 Å². The topological polar surface area (TPSA) is 73.8 Å². The second-order valence-electron chi connectivity index (χ2n) is 5.04. The first-order valence-corrected chi connectivity index (χ1v) is 9.07. The fraction of sp³-hybridized carbons (Fsp3) is 0.438. The third-order valence-corrected chi connectivity index (χ3v) is 4.71. The molecule has 128 valence electrons. The molecule has 1 aromatic rings. The van der Waals surface area contributed by atoms with Crippen LogP contribution in [-0.4, -0.2) is 53.0 Å². The fourth-order valence-corrected chi connectivity index (χ4v) is 3.06. The van der Waals surface area contributed by atoms with E-state index in [1.165, 1.54) is 0 Å². The van der Waals surface area contributed by atoms with E-state index in [4.69, 9.17) is 0 Å². The number of nitrogens with one attached hydrogen (secondary N) is 2. The Morgan fingerprint density at radius 2 is 2.00 bits per heavy atom. The van der Waals surface area contributed by atoms with Crippen LogP contribution in [0.2, 0.25) is 0 Å². The molecule has 1 rings (SSSR count).